The van der Waals surface area contributed by atoms with E-state index in [2.05, 4.69) is 204 Å². The minimum atomic E-state index is -0.580. The van der Waals surface area contributed by atoms with Crippen molar-refractivity contribution in [3.8, 4) is 11.1 Å². The van der Waals surface area contributed by atoms with Crippen LogP contribution in [-0.2, 0) is 26.5 Å². The summed E-state index contributed by atoms with van der Waals surface area (Å²) in [5.74, 6) is 0.412. The summed E-state index contributed by atoms with van der Waals surface area (Å²) in [7, 11) is 0. The number of aromatic nitrogens is 6. The third kappa shape index (κ3) is 5.73. The fourth-order valence-electron chi connectivity index (χ4n) is 13.3. The van der Waals surface area contributed by atoms with Crippen LogP contribution in [0.3, 0.4) is 0 Å². The molecule has 1 fully saturated rings. The first-order chi connectivity index (χ1) is 32.4. The second-order valence-corrected chi connectivity index (χ2v) is 20.9. The molecule has 0 aliphatic heterocycles. The van der Waals surface area contributed by atoms with Crippen LogP contribution in [0.5, 0.6) is 0 Å². The number of nitrogens with zero attached hydrogens (tertiary/aromatic N) is 6. The molecule has 6 aromatic heterocycles. The first-order valence-electron chi connectivity index (χ1n) is 23.9. The Morgan fingerprint density at radius 3 is 1.60 bits per heavy atom. The van der Waals surface area contributed by atoms with Gasteiger partial charge in [0, 0.05) is 33.5 Å². The third-order valence-electron chi connectivity index (χ3n) is 16.2. The van der Waals surface area contributed by atoms with E-state index < -0.39 is 5.41 Å². The molecule has 6 nitrogen and oxygen atoms in total. The van der Waals surface area contributed by atoms with Gasteiger partial charge in [0.05, 0.1) is 27.5 Å². The summed E-state index contributed by atoms with van der Waals surface area (Å²) in [6, 6.07) is 49.3. The number of benzene rings is 5. The average molecular weight is 1060 g/mol. The van der Waals surface area contributed by atoms with Gasteiger partial charge in [0.2, 0.25) is 0 Å². The molecule has 0 N–H and O–H groups in total. The van der Waals surface area contributed by atoms with Crippen molar-refractivity contribution in [1.82, 2.24) is 28.7 Å². The Kier molecular flexibility index (Phi) is 9.45. The van der Waals surface area contributed by atoms with E-state index in [1.54, 1.807) is 0 Å². The van der Waals surface area contributed by atoms with E-state index in [9.17, 15) is 0 Å². The standard InChI is InChI=1S/C61H52N6.Pt/c1-35-15-13-16-36(2)53(35)39-23-25-41-43(33-39)57-62-45-19-9-11-21-47(45)66(57)49-27-29-51(64-55(41)49)61(59(5,6)31-32-60(61,7)8)52-30-28-50-56(65-52)42-26-24-40(54-37(3)17-14-18-38(54)4)34-44(42)58-63-46-20-10-12-22-48(46)67(50)58;/h9-17,19-24,27-30,33-34,38H,18,31-32H2,1-8H3;/q-2;+2. The van der Waals surface area contributed by atoms with Crippen LogP contribution in [0.1, 0.15) is 88.9 Å². The first-order valence-corrected chi connectivity index (χ1v) is 23.9. The molecule has 13 rings (SSSR count). The molecule has 0 bridgehead atoms. The summed E-state index contributed by atoms with van der Waals surface area (Å²) < 4.78 is 4.64. The molecule has 2 aliphatic rings. The van der Waals surface area contributed by atoms with Gasteiger partial charge in [-0.3, -0.25) is 9.97 Å². The SMILES string of the molecule is CC1=C(c2c[c-]c3c(c2)c2nc4ccccc4n2c2ccc(C4(c5ccc6c(n5)c5[c-]cc(-c7c(C)cccc7C)cc5c5nc7ccccc7n65)C(C)(C)CCC4(C)C)nc32)C(C)CC=C1.[Pt+2]. The molecule has 0 radical (unpaired) electrons. The molecule has 68 heavy (non-hydrogen) atoms. The van der Waals surface area contributed by atoms with Crippen molar-refractivity contribution < 1.29 is 21.1 Å². The van der Waals surface area contributed by atoms with Crippen LogP contribution < -0.4 is 0 Å². The number of pyridine rings is 4. The minimum absolute atomic E-state index is 0. The van der Waals surface area contributed by atoms with Crippen LogP contribution >= 0.6 is 0 Å². The normalized spacial score (nSPS) is 17.8. The van der Waals surface area contributed by atoms with E-state index in [4.69, 9.17) is 19.9 Å². The molecule has 5 aromatic carbocycles. The van der Waals surface area contributed by atoms with Crippen molar-refractivity contribution in [2.24, 2.45) is 16.7 Å². The monoisotopic (exact) mass is 1060 g/mol. The quantitative estimate of drug-likeness (QED) is 0.130. The Bertz CT molecular complexity index is 3990. The zero-order chi connectivity index (χ0) is 45.7. The zero-order valence-electron chi connectivity index (χ0n) is 39.8. The zero-order valence-corrected chi connectivity index (χ0v) is 42.1. The molecule has 1 saturated carbocycles. The maximum absolute atomic E-state index is 5.95. The van der Waals surface area contributed by atoms with Gasteiger partial charge < -0.3 is 8.80 Å². The van der Waals surface area contributed by atoms with Gasteiger partial charge in [0.1, 0.15) is 11.3 Å². The number of imidazole rings is 2. The van der Waals surface area contributed by atoms with E-state index in [1.165, 1.54) is 33.4 Å². The molecule has 11 aromatic rings. The Balaban J connectivity index is 0.00000480. The molecule has 0 saturated heterocycles. The Labute approximate surface area is 411 Å². The van der Waals surface area contributed by atoms with E-state index in [1.807, 2.05) is 0 Å². The fraction of sp³-hybridized carbons (Fsp3) is 0.246. The second kappa shape index (κ2) is 15.0. The molecule has 2 aliphatic carbocycles. The molecule has 7 heteroatoms. The molecule has 1 unspecified atom stereocenters. The summed E-state index contributed by atoms with van der Waals surface area (Å²) >= 11 is 0. The summed E-state index contributed by atoms with van der Waals surface area (Å²) in [6.07, 6.45) is 7.64. The Hall–Kier alpha value is -6.49. The van der Waals surface area contributed by atoms with Gasteiger partial charge >= 0.3 is 21.1 Å². The van der Waals surface area contributed by atoms with Gasteiger partial charge in [0.15, 0.2) is 0 Å². The average Bonchev–Trinajstić information content (AvgIpc) is 3.97. The largest absolute Gasteiger partial charge is 2.00 e. The summed E-state index contributed by atoms with van der Waals surface area (Å²) in [5.41, 5.74) is 19.6. The van der Waals surface area contributed by atoms with Crippen molar-refractivity contribution in [3.63, 3.8) is 0 Å². The molecular weight excluding hydrogens is 1010 g/mol. The Morgan fingerprint density at radius 2 is 1.07 bits per heavy atom. The first kappa shape index (κ1) is 42.8. The van der Waals surface area contributed by atoms with Crippen molar-refractivity contribution in [1.29, 1.82) is 0 Å². The van der Waals surface area contributed by atoms with E-state index >= 15 is 0 Å². The van der Waals surface area contributed by atoms with E-state index in [-0.39, 0.29) is 31.9 Å². The molecule has 6 heterocycles. The third-order valence-corrected chi connectivity index (χ3v) is 16.2. The predicted octanol–water partition coefficient (Wildman–Crippen LogP) is 15.1. The smallest absolute Gasteiger partial charge is 0.307 e. The topological polar surface area (TPSA) is 60.4 Å². The number of hydrogen-bond acceptors (Lipinski definition) is 4. The number of aryl methyl sites for hydroxylation is 2. The second-order valence-electron chi connectivity index (χ2n) is 20.9. The van der Waals surface area contributed by atoms with Crippen LogP contribution in [0.2, 0.25) is 0 Å². The number of para-hydroxylation sites is 4. The summed E-state index contributed by atoms with van der Waals surface area (Å²) in [6.45, 7) is 18.7. The van der Waals surface area contributed by atoms with Crippen LogP contribution in [0.15, 0.2) is 133 Å². The van der Waals surface area contributed by atoms with Crippen molar-refractivity contribution >= 4 is 82.5 Å². The number of allylic oxidation sites excluding steroid dienone is 4. The molecule has 336 valence electrons. The van der Waals surface area contributed by atoms with Gasteiger partial charge in [0.25, 0.3) is 0 Å². The fourth-order valence-corrected chi connectivity index (χ4v) is 13.3. The van der Waals surface area contributed by atoms with E-state index in [0.29, 0.717) is 5.92 Å². The molecular formula is C61H52N6Pt. The Morgan fingerprint density at radius 1 is 0.574 bits per heavy atom. The summed E-state index contributed by atoms with van der Waals surface area (Å²) in [4.78, 5) is 22.5. The van der Waals surface area contributed by atoms with Gasteiger partial charge in [-0.05, 0) is 105 Å². The van der Waals surface area contributed by atoms with Crippen molar-refractivity contribution in [2.45, 2.75) is 80.1 Å². The molecule has 1 atom stereocenters. The van der Waals surface area contributed by atoms with Gasteiger partial charge in [-0.2, -0.15) is 0 Å². The molecule has 0 spiro atoms. The van der Waals surface area contributed by atoms with Crippen LogP contribution in [-0.4, -0.2) is 28.7 Å². The van der Waals surface area contributed by atoms with Crippen LogP contribution in [0, 0.1) is 42.7 Å². The van der Waals surface area contributed by atoms with Gasteiger partial charge in [-0.25, -0.2) is 9.97 Å². The number of hydrogen-bond donors (Lipinski definition) is 0. The van der Waals surface area contributed by atoms with Crippen molar-refractivity contribution in [3.05, 3.63) is 173 Å². The van der Waals surface area contributed by atoms with Gasteiger partial charge in [-0.1, -0.05) is 133 Å². The van der Waals surface area contributed by atoms with Crippen LogP contribution in [0.4, 0.5) is 0 Å². The van der Waals surface area contributed by atoms with Crippen molar-refractivity contribution in [2.75, 3.05) is 0 Å². The molecule has 0 amide bonds. The predicted molar refractivity (Wildman–Crippen MR) is 277 cm³/mol. The number of rotatable bonds is 4. The van der Waals surface area contributed by atoms with Crippen LogP contribution in [0.25, 0.3) is 93.7 Å². The summed E-state index contributed by atoms with van der Waals surface area (Å²) in [5, 5.41) is 4.07. The number of fused-ring (bicyclic) bond motifs is 16. The van der Waals surface area contributed by atoms with Gasteiger partial charge in [-0.15, -0.1) is 52.7 Å². The van der Waals surface area contributed by atoms with E-state index in [0.717, 1.165) is 113 Å². The maximum Gasteiger partial charge on any atom is 2.00 e. The minimum Gasteiger partial charge on any atom is -0.307 e. The maximum atomic E-state index is 5.95.